The van der Waals surface area contributed by atoms with Crippen LogP contribution in [0, 0.1) is 0 Å². The van der Waals surface area contributed by atoms with Crippen LogP contribution in [0.3, 0.4) is 0 Å². The van der Waals surface area contributed by atoms with E-state index in [4.69, 9.17) is 0 Å². The van der Waals surface area contributed by atoms with Gasteiger partial charge in [-0.3, -0.25) is 4.79 Å². The van der Waals surface area contributed by atoms with Gasteiger partial charge in [0, 0.05) is 17.9 Å². The number of nitrogens with zero attached hydrogens (tertiary/aromatic N) is 1. The molecule has 0 saturated carbocycles. The maximum absolute atomic E-state index is 13.0. The number of hydrogen-bond donors (Lipinski definition) is 0. The molecule has 1 fully saturated rings. The van der Waals surface area contributed by atoms with E-state index < -0.39 is 5.41 Å². The monoisotopic (exact) mass is 337 g/mol. The Morgan fingerprint density at radius 3 is 2.70 bits per heavy atom. The van der Waals surface area contributed by atoms with E-state index in [0.717, 1.165) is 43.1 Å². The third-order valence-corrected chi connectivity index (χ3v) is 4.90. The molecule has 0 radical (unpaired) electrons. The highest BCUT2D eigenvalue weighted by Gasteiger charge is 2.38. The molecule has 1 unspecified atom stereocenters. The molecule has 1 heterocycles. The van der Waals surface area contributed by atoms with Gasteiger partial charge in [0.05, 0.1) is 5.41 Å². The summed E-state index contributed by atoms with van der Waals surface area (Å²) in [5.41, 5.74) is 0.675. The number of hydrogen-bond acceptors (Lipinski definition) is 1. The Kier molecular flexibility index (Phi) is 5.25. The summed E-state index contributed by atoms with van der Waals surface area (Å²) in [5, 5.41) is 1.02. The first-order chi connectivity index (χ1) is 9.57. The molecule has 0 aliphatic carbocycles. The summed E-state index contributed by atoms with van der Waals surface area (Å²) in [7, 11) is 0. The molecule has 1 aliphatic rings. The van der Waals surface area contributed by atoms with Crippen molar-refractivity contribution < 1.29 is 4.79 Å². The van der Waals surface area contributed by atoms with Crippen molar-refractivity contribution >= 4 is 21.8 Å². The predicted octanol–water partition coefficient (Wildman–Crippen LogP) is 4.13. The second-order valence-corrected chi connectivity index (χ2v) is 6.91. The van der Waals surface area contributed by atoms with Gasteiger partial charge in [-0.1, -0.05) is 46.3 Å². The molecule has 2 nitrogen and oxygen atoms in total. The average Bonchev–Trinajstić information content (AvgIpc) is 2.93. The molecular weight excluding hydrogens is 314 g/mol. The van der Waals surface area contributed by atoms with E-state index in [9.17, 15) is 4.79 Å². The Balaban J connectivity index is 2.13. The molecule has 1 amide bonds. The predicted molar refractivity (Wildman–Crippen MR) is 87.2 cm³/mol. The maximum Gasteiger partial charge on any atom is 0.232 e. The van der Waals surface area contributed by atoms with Crippen LogP contribution in [-0.2, 0) is 10.2 Å². The summed E-state index contributed by atoms with van der Waals surface area (Å²) >= 11 is 3.49. The van der Waals surface area contributed by atoms with Crippen LogP contribution in [0.4, 0.5) is 0 Å². The van der Waals surface area contributed by atoms with Gasteiger partial charge in [0.2, 0.25) is 5.91 Å². The van der Waals surface area contributed by atoms with Crippen molar-refractivity contribution in [2.45, 2.75) is 51.0 Å². The number of amides is 1. The number of alkyl halides is 1. The maximum atomic E-state index is 13.0. The van der Waals surface area contributed by atoms with E-state index in [1.54, 1.807) is 0 Å². The molecule has 20 heavy (non-hydrogen) atoms. The van der Waals surface area contributed by atoms with Gasteiger partial charge in [-0.2, -0.15) is 0 Å². The zero-order chi connectivity index (χ0) is 14.6. The zero-order valence-electron chi connectivity index (χ0n) is 12.4. The summed E-state index contributed by atoms with van der Waals surface area (Å²) < 4.78 is 0. The van der Waals surface area contributed by atoms with Gasteiger partial charge in [0.25, 0.3) is 0 Å². The molecule has 1 saturated heterocycles. The molecular formula is C17H24BrNO. The van der Waals surface area contributed by atoms with Crippen LogP contribution in [0.15, 0.2) is 30.3 Å². The third-order valence-electron chi connectivity index (χ3n) is 4.34. The van der Waals surface area contributed by atoms with Crippen molar-refractivity contribution in [3.05, 3.63) is 35.9 Å². The first-order valence-corrected chi connectivity index (χ1v) is 8.62. The fourth-order valence-electron chi connectivity index (χ4n) is 3.05. The molecule has 1 aliphatic heterocycles. The second-order valence-electron chi connectivity index (χ2n) is 6.12. The van der Waals surface area contributed by atoms with Gasteiger partial charge in [-0.05, 0) is 45.1 Å². The van der Waals surface area contributed by atoms with Gasteiger partial charge in [0.1, 0.15) is 0 Å². The van der Waals surface area contributed by atoms with E-state index in [0.29, 0.717) is 6.04 Å². The molecule has 0 aromatic heterocycles. The summed E-state index contributed by atoms with van der Waals surface area (Å²) in [4.78, 5) is 15.1. The van der Waals surface area contributed by atoms with Crippen LogP contribution in [0.1, 0.15) is 45.1 Å². The zero-order valence-corrected chi connectivity index (χ0v) is 14.0. The minimum absolute atomic E-state index is 0.278. The first kappa shape index (κ1) is 15.6. The molecule has 1 aromatic rings. The van der Waals surface area contributed by atoms with E-state index >= 15 is 0 Å². The van der Waals surface area contributed by atoms with E-state index in [-0.39, 0.29) is 5.91 Å². The van der Waals surface area contributed by atoms with Crippen molar-refractivity contribution in [3.8, 4) is 0 Å². The SMILES string of the molecule is CC(C)(C(=O)N1CCCC1CCCBr)c1ccccc1. The minimum atomic E-state index is -0.432. The lowest BCUT2D eigenvalue weighted by Gasteiger charge is -2.33. The van der Waals surface area contributed by atoms with Crippen molar-refractivity contribution in [2.75, 3.05) is 11.9 Å². The Morgan fingerprint density at radius 1 is 1.35 bits per heavy atom. The first-order valence-electron chi connectivity index (χ1n) is 7.50. The number of carbonyl (C=O) groups is 1. The number of halogens is 1. The number of benzene rings is 1. The van der Waals surface area contributed by atoms with E-state index in [1.807, 2.05) is 32.0 Å². The largest absolute Gasteiger partial charge is 0.339 e. The normalized spacial score (nSPS) is 19.4. The van der Waals surface area contributed by atoms with Gasteiger partial charge in [0.15, 0.2) is 0 Å². The standard InChI is InChI=1S/C17H24BrNO/c1-17(2,14-8-4-3-5-9-14)16(20)19-13-7-11-15(19)10-6-12-18/h3-5,8-9,15H,6-7,10-13H2,1-2H3. The molecule has 0 bridgehead atoms. The van der Waals surface area contributed by atoms with Crippen LogP contribution in [-0.4, -0.2) is 28.7 Å². The molecule has 110 valence electrons. The summed E-state index contributed by atoms with van der Waals surface area (Å²) in [6, 6.07) is 10.6. The summed E-state index contributed by atoms with van der Waals surface area (Å²) in [5.74, 6) is 0.278. The van der Waals surface area contributed by atoms with Crippen LogP contribution < -0.4 is 0 Å². The fraction of sp³-hybridized carbons (Fsp3) is 0.588. The lowest BCUT2D eigenvalue weighted by molar-refractivity contribution is -0.137. The van der Waals surface area contributed by atoms with Crippen molar-refractivity contribution in [3.63, 3.8) is 0 Å². The molecule has 0 N–H and O–H groups in total. The molecule has 1 atom stereocenters. The minimum Gasteiger partial charge on any atom is -0.339 e. The van der Waals surface area contributed by atoms with Crippen molar-refractivity contribution in [1.29, 1.82) is 0 Å². The summed E-state index contributed by atoms with van der Waals surface area (Å²) in [6.07, 6.45) is 4.55. The summed E-state index contributed by atoms with van der Waals surface area (Å²) in [6.45, 7) is 5.01. The van der Waals surface area contributed by atoms with Crippen LogP contribution >= 0.6 is 15.9 Å². The van der Waals surface area contributed by atoms with E-state index in [2.05, 4.69) is 33.0 Å². The van der Waals surface area contributed by atoms with Crippen LogP contribution in [0.5, 0.6) is 0 Å². The van der Waals surface area contributed by atoms with Gasteiger partial charge >= 0.3 is 0 Å². The number of likely N-dealkylation sites (tertiary alicyclic amines) is 1. The molecule has 1 aromatic carbocycles. The average molecular weight is 338 g/mol. The fourth-order valence-corrected chi connectivity index (χ4v) is 3.38. The highest BCUT2D eigenvalue weighted by molar-refractivity contribution is 9.09. The van der Waals surface area contributed by atoms with Gasteiger partial charge < -0.3 is 4.90 Å². The third kappa shape index (κ3) is 3.25. The number of carbonyl (C=O) groups excluding carboxylic acids is 1. The van der Waals surface area contributed by atoms with E-state index in [1.165, 1.54) is 0 Å². The Morgan fingerprint density at radius 2 is 2.05 bits per heavy atom. The van der Waals surface area contributed by atoms with Crippen LogP contribution in [0.2, 0.25) is 0 Å². The highest BCUT2D eigenvalue weighted by Crippen LogP contribution is 2.31. The lowest BCUT2D eigenvalue weighted by Crippen LogP contribution is -2.45. The highest BCUT2D eigenvalue weighted by atomic mass is 79.9. The lowest BCUT2D eigenvalue weighted by atomic mass is 9.83. The van der Waals surface area contributed by atoms with Gasteiger partial charge in [-0.15, -0.1) is 0 Å². The molecule has 3 heteroatoms. The van der Waals surface area contributed by atoms with Gasteiger partial charge in [-0.25, -0.2) is 0 Å². The quantitative estimate of drug-likeness (QED) is 0.739. The Labute approximate surface area is 130 Å². The second kappa shape index (κ2) is 6.75. The van der Waals surface area contributed by atoms with Crippen LogP contribution in [0.25, 0.3) is 0 Å². The topological polar surface area (TPSA) is 20.3 Å². The van der Waals surface area contributed by atoms with Crippen molar-refractivity contribution in [1.82, 2.24) is 4.90 Å². The van der Waals surface area contributed by atoms with Crippen molar-refractivity contribution in [2.24, 2.45) is 0 Å². The Hall–Kier alpha value is -0.830. The smallest absolute Gasteiger partial charge is 0.232 e. The molecule has 2 rings (SSSR count). The molecule has 0 spiro atoms. The number of rotatable bonds is 5. The Bertz CT molecular complexity index is 444.